The van der Waals surface area contributed by atoms with E-state index in [-0.39, 0.29) is 48.5 Å². The van der Waals surface area contributed by atoms with Gasteiger partial charge < -0.3 is 14.6 Å². The van der Waals surface area contributed by atoms with Gasteiger partial charge in [0.2, 0.25) is 5.69 Å². The van der Waals surface area contributed by atoms with Gasteiger partial charge in [-0.15, -0.1) is 0 Å². The SMILES string of the molecule is COCCOCc1[nH+]c(C(F)(F)F)ccc1C(O)=C1C(=O)C2CCC(C2)C1=O. The number of methoxy groups -OCH3 is 1. The van der Waals surface area contributed by atoms with Gasteiger partial charge in [0.15, 0.2) is 11.6 Å². The van der Waals surface area contributed by atoms with Crippen LogP contribution in [0.15, 0.2) is 17.7 Å². The second-order valence-corrected chi connectivity index (χ2v) is 6.97. The number of aromatic nitrogens is 1. The summed E-state index contributed by atoms with van der Waals surface area (Å²) in [7, 11) is 1.45. The quantitative estimate of drug-likeness (QED) is 0.343. The molecule has 9 heteroatoms. The van der Waals surface area contributed by atoms with Crippen molar-refractivity contribution in [1.29, 1.82) is 0 Å². The second-order valence-electron chi connectivity index (χ2n) is 6.97. The molecule has 6 nitrogen and oxygen atoms in total. The van der Waals surface area contributed by atoms with Gasteiger partial charge in [-0.3, -0.25) is 9.59 Å². The molecule has 28 heavy (non-hydrogen) atoms. The molecule has 2 aliphatic carbocycles. The third-order valence-corrected chi connectivity index (χ3v) is 5.17. The predicted octanol–water partition coefficient (Wildman–Crippen LogP) is 2.52. The molecule has 2 aliphatic rings. The van der Waals surface area contributed by atoms with E-state index in [4.69, 9.17) is 9.47 Å². The highest BCUT2D eigenvalue weighted by molar-refractivity contribution is 6.27. The summed E-state index contributed by atoms with van der Waals surface area (Å²) >= 11 is 0. The van der Waals surface area contributed by atoms with Crippen molar-refractivity contribution < 1.29 is 42.3 Å². The zero-order chi connectivity index (χ0) is 20.5. The lowest BCUT2D eigenvalue weighted by atomic mass is 9.81. The van der Waals surface area contributed by atoms with Crippen LogP contribution in [-0.2, 0) is 31.8 Å². The molecule has 2 saturated carbocycles. The van der Waals surface area contributed by atoms with Crippen LogP contribution in [-0.4, -0.2) is 37.0 Å². The van der Waals surface area contributed by atoms with E-state index in [0.29, 0.717) is 19.3 Å². The first-order chi connectivity index (χ1) is 13.2. The van der Waals surface area contributed by atoms with Gasteiger partial charge in [0, 0.05) is 25.0 Å². The van der Waals surface area contributed by atoms with Crippen molar-refractivity contribution in [2.75, 3.05) is 20.3 Å². The monoisotopic (exact) mass is 400 g/mol. The normalized spacial score (nSPS) is 22.1. The summed E-state index contributed by atoms with van der Waals surface area (Å²) in [5.74, 6) is -2.12. The zero-order valence-electron chi connectivity index (χ0n) is 15.3. The number of aliphatic hydroxyl groups is 1. The summed E-state index contributed by atoms with van der Waals surface area (Å²) in [5, 5.41) is 10.7. The molecular weight excluding hydrogens is 379 g/mol. The summed E-state index contributed by atoms with van der Waals surface area (Å²) in [5.41, 5.74) is -1.47. The fourth-order valence-corrected chi connectivity index (χ4v) is 3.71. The smallest absolute Gasteiger partial charge is 0.477 e. The first-order valence-electron chi connectivity index (χ1n) is 8.95. The molecule has 152 valence electrons. The Hall–Kier alpha value is -2.26. The molecule has 2 N–H and O–H groups in total. The number of carbonyl (C=O) groups excluding carboxylic acids is 2. The average Bonchev–Trinajstić information content (AvgIpc) is 3.10. The number of ketones is 2. The van der Waals surface area contributed by atoms with Crippen LogP contribution < -0.4 is 4.98 Å². The van der Waals surface area contributed by atoms with Gasteiger partial charge >= 0.3 is 6.18 Å². The number of H-pyrrole nitrogens is 1. The summed E-state index contributed by atoms with van der Waals surface area (Å²) in [6.45, 7) is 0.0796. The van der Waals surface area contributed by atoms with Crippen molar-refractivity contribution >= 4 is 17.3 Å². The van der Waals surface area contributed by atoms with Crippen LogP contribution >= 0.6 is 0 Å². The highest BCUT2D eigenvalue weighted by Gasteiger charge is 2.46. The number of hydrogen-bond acceptors (Lipinski definition) is 5. The predicted molar refractivity (Wildman–Crippen MR) is 89.9 cm³/mol. The molecule has 1 aromatic rings. The number of carbonyl (C=O) groups is 2. The molecule has 1 aromatic heterocycles. The van der Waals surface area contributed by atoms with Gasteiger partial charge in [0.1, 0.15) is 17.9 Å². The first-order valence-corrected chi connectivity index (χ1v) is 8.95. The van der Waals surface area contributed by atoms with E-state index in [1.807, 2.05) is 0 Å². The summed E-state index contributed by atoms with van der Waals surface area (Å²) < 4.78 is 49.3. The van der Waals surface area contributed by atoms with Gasteiger partial charge in [-0.2, -0.15) is 13.2 Å². The number of alkyl halides is 3. The van der Waals surface area contributed by atoms with Gasteiger partial charge in [0.05, 0.1) is 18.8 Å². The number of ether oxygens (including phenoxy) is 2. The average molecular weight is 400 g/mol. The summed E-state index contributed by atoms with van der Waals surface area (Å²) in [6, 6.07) is 1.81. The summed E-state index contributed by atoms with van der Waals surface area (Å²) in [6.07, 6.45) is -2.99. The standard InChI is InChI=1S/C19H20F3NO5/c1-27-6-7-28-9-13-12(4-5-14(23-13)19(20,21)22)18(26)15-16(24)10-2-3-11(8-10)17(15)25/h4-5,10-11,26H,2-3,6-9H2,1H3/p+1. The van der Waals surface area contributed by atoms with E-state index in [0.717, 1.165) is 12.1 Å². The Labute approximate surface area is 159 Å². The Balaban J connectivity index is 2.01. The van der Waals surface area contributed by atoms with Crippen LogP contribution in [0.4, 0.5) is 13.2 Å². The number of rotatable bonds is 6. The molecule has 0 radical (unpaired) electrons. The van der Waals surface area contributed by atoms with Crippen LogP contribution in [0, 0.1) is 11.8 Å². The molecule has 2 fully saturated rings. The minimum absolute atomic E-state index is 0.0524. The van der Waals surface area contributed by atoms with Crippen LogP contribution in [0.25, 0.3) is 5.76 Å². The molecule has 0 saturated heterocycles. The number of nitrogens with one attached hydrogen (secondary N) is 1. The number of halogens is 3. The fraction of sp³-hybridized carbons (Fsp3) is 0.526. The minimum Gasteiger partial charge on any atom is -0.506 e. The lowest BCUT2D eigenvalue weighted by Crippen LogP contribution is -2.31. The maximum Gasteiger partial charge on any atom is 0.477 e. The molecule has 2 atom stereocenters. The molecule has 0 aliphatic heterocycles. The largest absolute Gasteiger partial charge is 0.506 e. The van der Waals surface area contributed by atoms with Crippen LogP contribution in [0.5, 0.6) is 0 Å². The lowest BCUT2D eigenvalue weighted by Gasteiger charge is -2.20. The van der Waals surface area contributed by atoms with Gasteiger partial charge in [-0.25, -0.2) is 4.98 Å². The van der Waals surface area contributed by atoms with E-state index in [1.54, 1.807) is 0 Å². The van der Waals surface area contributed by atoms with Crippen molar-refractivity contribution in [2.24, 2.45) is 11.8 Å². The van der Waals surface area contributed by atoms with Crippen molar-refractivity contribution in [3.05, 3.63) is 34.7 Å². The Bertz CT molecular complexity index is 794. The van der Waals surface area contributed by atoms with Gasteiger partial charge in [-0.1, -0.05) is 0 Å². The molecule has 0 amide bonds. The van der Waals surface area contributed by atoms with Crippen molar-refractivity contribution in [2.45, 2.75) is 32.0 Å². The molecule has 0 spiro atoms. The van der Waals surface area contributed by atoms with E-state index in [2.05, 4.69) is 4.98 Å². The van der Waals surface area contributed by atoms with Crippen LogP contribution in [0.3, 0.4) is 0 Å². The Morgan fingerprint density at radius 3 is 2.39 bits per heavy atom. The number of fused-ring (bicyclic) bond motifs is 2. The minimum atomic E-state index is -4.63. The number of allylic oxidation sites excluding steroid dienone is 1. The summed E-state index contributed by atoms with van der Waals surface area (Å²) in [4.78, 5) is 27.3. The molecular formula is C19H21F3NO5+. The fourth-order valence-electron chi connectivity index (χ4n) is 3.71. The zero-order valence-corrected chi connectivity index (χ0v) is 15.3. The van der Waals surface area contributed by atoms with Crippen molar-refractivity contribution in [3.8, 4) is 0 Å². The van der Waals surface area contributed by atoms with E-state index < -0.39 is 29.2 Å². The molecule has 2 bridgehead atoms. The van der Waals surface area contributed by atoms with Crippen LogP contribution in [0.2, 0.25) is 0 Å². The number of aromatic amines is 1. The molecule has 0 aromatic carbocycles. The maximum atomic E-state index is 13.1. The number of Topliss-reactive ketones (excluding diaryl/α,β-unsaturated/α-hetero) is 2. The molecule has 2 unspecified atom stereocenters. The Morgan fingerprint density at radius 2 is 1.82 bits per heavy atom. The highest BCUT2D eigenvalue weighted by Crippen LogP contribution is 2.42. The second kappa shape index (κ2) is 8.00. The third-order valence-electron chi connectivity index (χ3n) is 5.17. The molecule has 3 rings (SSSR count). The Kier molecular flexibility index (Phi) is 5.85. The van der Waals surface area contributed by atoms with Crippen molar-refractivity contribution in [1.82, 2.24) is 0 Å². The van der Waals surface area contributed by atoms with E-state index in [9.17, 15) is 27.9 Å². The number of pyridine rings is 1. The van der Waals surface area contributed by atoms with Gasteiger partial charge in [-0.05, 0) is 25.3 Å². The lowest BCUT2D eigenvalue weighted by molar-refractivity contribution is -0.440. The van der Waals surface area contributed by atoms with E-state index >= 15 is 0 Å². The number of hydrogen-bond donors (Lipinski definition) is 1. The van der Waals surface area contributed by atoms with Crippen molar-refractivity contribution in [3.63, 3.8) is 0 Å². The Morgan fingerprint density at radius 1 is 1.18 bits per heavy atom. The number of aliphatic hydroxyl groups excluding tert-OH is 1. The first kappa shape index (κ1) is 20.5. The van der Waals surface area contributed by atoms with E-state index in [1.165, 1.54) is 7.11 Å². The highest BCUT2D eigenvalue weighted by atomic mass is 19.4. The molecule has 1 heterocycles. The topological polar surface area (TPSA) is 87.0 Å². The van der Waals surface area contributed by atoms with Gasteiger partial charge in [0.25, 0.3) is 5.69 Å². The third kappa shape index (κ3) is 3.95. The maximum absolute atomic E-state index is 13.1. The van der Waals surface area contributed by atoms with Crippen LogP contribution in [0.1, 0.15) is 36.2 Å².